The van der Waals surface area contributed by atoms with E-state index >= 15 is 0 Å². The number of anilines is 1. The van der Waals surface area contributed by atoms with Crippen molar-refractivity contribution in [1.82, 2.24) is 4.98 Å². The molecular weight excluding hydrogens is 291 g/mol. The third-order valence-corrected chi connectivity index (χ3v) is 2.78. The topological polar surface area (TPSA) is 25.4 Å². The Kier molecular flexibility index (Phi) is 5.17. The highest BCUT2D eigenvalue weighted by atomic mass is 127. The summed E-state index contributed by atoms with van der Waals surface area (Å²) < 4.78 is 6.19. The molecule has 0 saturated carbocycles. The average Bonchev–Trinajstić information content (AvgIpc) is 2.18. The molecule has 0 saturated heterocycles. The maximum absolute atomic E-state index is 5.01. The van der Waals surface area contributed by atoms with Gasteiger partial charge in [0.25, 0.3) is 0 Å². The van der Waals surface area contributed by atoms with E-state index < -0.39 is 0 Å². The lowest BCUT2D eigenvalue weighted by molar-refractivity contribution is 0.196. The Hall–Kier alpha value is -0.360. The number of rotatable bonds is 5. The van der Waals surface area contributed by atoms with Gasteiger partial charge in [0, 0.05) is 33.5 Å². The molecule has 1 aromatic heterocycles. The first-order chi connectivity index (χ1) is 6.75. The van der Waals surface area contributed by atoms with Gasteiger partial charge in [0.1, 0.15) is 5.82 Å². The maximum Gasteiger partial charge on any atom is 0.141 e. The lowest BCUT2D eigenvalue weighted by atomic mass is 10.4. The molecule has 0 radical (unpaired) electrons. The highest BCUT2D eigenvalue weighted by molar-refractivity contribution is 14.1. The minimum atomic E-state index is 0.799. The SMILES string of the molecule is COCCCN(C)c1ncccc1I. The van der Waals surface area contributed by atoms with Crippen molar-refractivity contribution in [3.8, 4) is 0 Å². The molecule has 1 rings (SSSR count). The molecule has 0 N–H and O–H groups in total. The van der Waals surface area contributed by atoms with Crippen LogP contribution in [-0.2, 0) is 4.74 Å². The second-order valence-electron chi connectivity index (χ2n) is 3.08. The number of pyridine rings is 1. The zero-order valence-corrected chi connectivity index (χ0v) is 10.7. The fourth-order valence-electron chi connectivity index (χ4n) is 1.21. The van der Waals surface area contributed by atoms with Gasteiger partial charge in [-0.05, 0) is 41.1 Å². The van der Waals surface area contributed by atoms with Crippen molar-refractivity contribution in [3.63, 3.8) is 0 Å². The van der Waals surface area contributed by atoms with Gasteiger partial charge >= 0.3 is 0 Å². The summed E-state index contributed by atoms with van der Waals surface area (Å²) in [5.74, 6) is 1.05. The first-order valence-electron chi connectivity index (χ1n) is 4.56. The Balaban J connectivity index is 2.51. The molecule has 4 heteroatoms. The molecule has 0 aromatic carbocycles. The second kappa shape index (κ2) is 6.19. The molecule has 3 nitrogen and oxygen atoms in total. The van der Waals surface area contributed by atoms with Crippen LogP contribution in [0.15, 0.2) is 18.3 Å². The summed E-state index contributed by atoms with van der Waals surface area (Å²) in [6.07, 6.45) is 2.85. The number of hydrogen-bond donors (Lipinski definition) is 0. The van der Waals surface area contributed by atoms with Crippen molar-refractivity contribution >= 4 is 28.4 Å². The number of halogens is 1. The van der Waals surface area contributed by atoms with Gasteiger partial charge in [-0.15, -0.1) is 0 Å². The summed E-state index contributed by atoms with van der Waals surface area (Å²) in [5.41, 5.74) is 0. The van der Waals surface area contributed by atoms with E-state index in [4.69, 9.17) is 4.74 Å². The second-order valence-corrected chi connectivity index (χ2v) is 4.24. The molecule has 1 heterocycles. The first-order valence-corrected chi connectivity index (χ1v) is 5.64. The summed E-state index contributed by atoms with van der Waals surface area (Å²) in [6.45, 7) is 1.77. The van der Waals surface area contributed by atoms with Gasteiger partial charge in [0.15, 0.2) is 0 Å². The molecule has 14 heavy (non-hydrogen) atoms. The summed E-state index contributed by atoms with van der Waals surface area (Å²) in [4.78, 5) is 6.49. The molecule has 0 unspecified atom stereocenters. The Morgan fingerprint density at radius 3 is 3.00 bits per heavy atom. The Labute approximate surface area is 98.6 Å². The Morgan fingerprint density at radius 1 is 1.57 bits per heavy atom. The van der Waals surface area contributed by atoms with Crippen molar-refractivity contribution in [2.45, 2.75) is 6.42 Å². The number of hydrogen-bond acceptors (Lipinski definition) is 3. The van der Waals surface area contributed by atoms with Crippen LogP contribution in [-0.4, -0.2) is 32.3 Å². The highest BCUT2D eigenvalue weighted by Crippen LogP contribution is 2.17. The molecular formula is C10H15IN2O. The van der Waals surface area contributed by atoms with Crippen LogP contribution in [0.3, 0.4) is 0 Å². The molecule has 1 aromatic rings. The standard InChI is InChI=1S/C10H15IN2O/c1-13(7-4-8-14-2)10-9(11)5-3-6-12-10/h3,5-6H,4,7-8H2,1-2H3. The third kappa shape index (κ3) is 3.42. The van der Waals surface area contributed by atoms with Gasteiger partial charge in [0.05, 0.1) is 3.57 Å². The van der Waals surface area contributed by atoms with Crippen molar-refractivity contribution < 1.29 is 4.74 Å². The monoisotopic (exact) mass is 306 g/mol. The largest absolute Gasteiger partial charge is 0.385 e. The predicted molar refractivity (Wildman–Crippen MR) is 66.7 cm³/mol. The molecule has 0 aliphatic heterocycles. The maximum atomic E-state index is 5.01. The summed E-state index contributed by atoms with van der Waals surface area (Å²) in [6, 6.07) is 4.02. The highest BCUT2D eigenvalue weighted by Gasteiger charge is 2.05. The molecule has 0 fully saturated rings. The molecule has 0 spiro atoms. The number of nitrogens with zero attached hydrogens (tertiary/aromatic N) is 2. The molecule has 0 bridgehead atoms. The van der Waals surface area contributed by atoms with E-state index in [-0.39, 0.29) is 0 Å². The van der Waals surface area contributed by atoms with Crippen LogP contribution < -0.4 is 4.90 Å². The van der Waals surface area contributed by atoms with Crippen LogP contribution >= 0.6 is 22.6 Å². The van der Waals surface area contributed by atoms with E-state index in [0.29, 0.717) is 0 Å². The predicted octanol–water partition coefficient (Wildman–Crippen LogP) is 2.16. The Morgan fingerprint density at radius 2 is 2.36 bits per heavy atom. The van der Waals surface area contributed by atoms with Crippen molar-refractivity contribution in [1.29, 1.82) is 0 Å². The molecule has 0 aliphatic carbocycles. The van der Waals surface area contributed by atoms with Gasteiger partial charge in [0.2, 0.25) is 0 Å². The van der Waals surface area contributed by atoms with Crippen molar-refractivity contribution in [3.05, 3.63) is 21.9 Å². The van der Waals surface area contributed by atoms with Gasteiger partial charge in [-0.3, -0.25) is 0 Å². The van der Waals surface area contributed by atoms with Crippen LogP contribution in [0.25, 0.3) is 0 Å². The summed E-state index contributed by atoms with van der Waals surface area (Å²) in [7, 11) is 3.78. The minimum Gasteiger partial charge on any atom is -0.385 e. The number of aromatic nitrogens is 1. The molecule has 0 aliphatic rings. The number of methoxy groups -OCH3 is 1. The van der Waals surface area contributed by atoms with Crippen molar-refractivity contribution in [2.24, 2.45) is 0 Å². The lowest BCUT2D eigenvalue weighted by Gasteiger charge is -2.18. The minimum absolute atomic E-state index is 0.799. The normalized spacial score (nSPS) is 10.2. The van der Waals surface area contributed by atoms with Crippen molar-refractivity contribution in [2.75, 3.05) is 32.2 Å². The van der Waals surface area contributed by atoms with Crippen LogP contribution in [0, 0.1) is 3.57 Å². The zero-order valence-electron chi connectivity index (χ0n) is 8.53. The van der Waals surface area contributed by atoms with Crippen LogP contribution in [0.1, 0.15) is 6.42 Å². The van der Waals surface area contributed by atoms with Gasteiger partial charge in [-0.25, -0.2) is 4.98 Å². The fourth-order valence-corrected chi connectivity index (χ4v) is 1.97. The zero-order chi connectivity index (χ0) is 10.4. The summed E-state index contributed by atoms with van der Waals surface area (Å²) in [5, 5.41) is 0. The van der Waals surface area contributed by atoms with Gasteiger partial charge < -0.3 is 9.64 Å². The van der Waals surface area contributed by atoms with Gasteiger partial charge in [-0.2, -0.15) is 0 Å². The summed E-state index contributed by atoms with van der Waals surface area (Å²) >= 11 is 2.30. The number of ether oxygens (including phenoxy) is 1. The van der Waals surface area contributed by atoms with E-state index in [0.717, 1.165) is 25.4 Å². The molecule has 0 amide bonds. The van der Waals surface area contributed by atoms with Gasteiger partial charge in [-0.1, -0.05) is 0 Å². The average molecular weight is 306 g/mol. The van der Waals surface area contributed by atoms with E-state index in [1.54, 1.807) is 7.11 Å². The van der Waals surface area contributed by atoms with Crippen LogP contribution in [0.4, 0.5) is 5.82 Å². The van der Waals surface area contributed by atoms with E-state index in [9.17, 15) is 0 Å². The fraction of sp³-hybridized carbons (Fsp3) is 0.500. The van der Waals surface area contributed by atoms with Crippen LogP contribution in [0.5, 0.6) is 0 Å². The van der Waals surface area contributed by atoms with E-state index in [1.165, 1.54) is 3.57 Å². The first kappa shape index (κ1) is 11.7. The van der Waals surface area contributed by atoms with Crippen LogP contribution in [0.2, 0.25) is 0 Å². The van der Waals surface area contributed by atoms with E-state index in [1.807, 2.05) is 12.3 Å². The Bertz CT molecular complexity index is 281. The smallest absolute Gasteiger partial charge is 0.141 e. The lowest BCUT2D eigenvalue weighted by Crippen LogP contribution is -2.21. The molecule has 0 atom stereocenters. The molecule has 78 valence electrons. The third-order valence-electron chi connectivity index (χ3n) is 1.94. The quantitative estimate of drug-likeness (QED) is 0.616. The van der Waals surface area contributed by atoms with E-state index in [2.05, 4.69) is 45.6 Å².